The predicted octanol–water partition coefficient (Wildman–Crippen LogP) is 2.81. The van der Waals surface area contributed by atoms with Gasteiger partial charge < -0.3 is 20.3 Å². The zero-order valence-corrected chi connectivity index (χ0v) is 17.9. The quantitative estimate of drug-likeness (QED) is 0.521. The molecule has 160 valence electrons. The molecule has 2 aromatic carbocycles. The number of amides is 1. The lowest BCUT2D eigenvalue weighted by Crippen LogP contribution is -2.41. The Kier molecular flexibility index (Phi) is 8.12. The Balaban J connectivity index is 1.50. The minimum Gasteiger partial charge on any atom is -0.497 e. The van der Waals surface area contributed by atoms with Crippen LogP contribution in [0.2, 0.25) is 0 Å². The molecule has 1 saturated heterocycles. The van der Waals surface area contributed by atoms with Gasteiger partial charge in [-0.25, -0.2) is 4.99 Å². The molecule has 30 heavy (non-hydrogen) atoms. The Labute approximate surface area is 179 Å². The Morgan fingerprint density at radius 1 is 1.13 bits per heavy atom. The van der Waals surface area contributed by atoms with E-state index >= 15 is 0 Å². The Morgan fingerprint density at radius 3 is 2.60 bits per heavy atom. The molecule has 0 spiro atoms. The molecule has 1 fully saturated rings. The van der Waals surface area contributed by atoms with Gasteiger partial charge in [-0.2, -0.15) is 0 Å². The highest BCUT2D eigenvalue weighted by molar-refractivity contribution is 5.85. The van der Waals surface area contributed by atoms with Gasteiger partial charge in [-0.15, -0.1) is 0 Å². The van der Waals surface area contributed by atoms with E-state index in [0.717, 1.165) is 44.2 Å². The average molecular weight is 409 g/mol. The zero-order valence-electron chi connectivity index (χ0n) is 17.9. The monoisotopic (exact) mass is 408 g/mol. The Morgan fingerprint density at radius 2 is 1.90 bits per heavy atom. The van der Waals surface area contributed by atoms with Crippen LogP contribution in [0.25, 0.3) is 0 Å². The highest BCUT2D eigenvalue weighted by Gasteiger charge is 2.26. The highest BCUT2D eigenvalue weighted by atomic mass is 16.5. The van der Waals surface area contributed by atoms with Crippen molar-refractivity contribution in [3.63, 3.8) is 0 Å². The molecule has 0 bridgehead atoms. The van der Waals surface area contributed by atoms with E-state index in [1.807, 2.05) is 37.3 Å². The van der Waals surface area contributed by atoms with Crippen LogP contribution in [0, 0.1) is 0 Å². The summed E-state index contributed by atoms with van der Waals surface area (Å²) in [4.78, 5) is 19.0. The molecule has 0 saturated carbocycles. The van der Waals surface area contributed by atoms with Crippen LogP contribution < -0.4 is 15.4 Å². The fourth-order valence-electron chi connectivity index (χ4n) is 3.72. The molecule has 1 atom stereocenters. The van der Waals surface area contributed by atoms with Crippen molar-refractivity contribution in [1.29, 1.82) is 0 Å². The number of benzene rings is 2. The standard InChI is InChI=1S/C24H32N4O2/c1-3-25-24(27-17-23(29)26-15-13-19-7-5-4-6-8-19)28-16-14-21(18-28)20-9-11-22(30-2)12-10-20/h4-12,21H,3,13-18H2,1-2H3,(H,25,27)(H,26,29). The highest BCUT2D eigenvalue weighted by Crippen LogP contribution is 2.28. The van der Waals surface area contributed by atoms with Crippen LogP contribution in [0.1, 0.15) is 30.4 Å². The molecule has 1 unspecified atom stereocenters. The second kappa shape index (κ2) is 11.2. The average Bonchev–Trinajstić information content (AvgIpc) is 3.27. The number of hydrogen-bond donors (Lipinski definition) is 2. The normalized spacial score (nSPS) is 16.4. The summed E-state index contributed by atoms with van der Waals surface area (Å²) >= 11 is 0. The molecule has 0 aromatic heterocycles. The van der Waals surface area contributed by atoms with Gasteiger partial charge in [0.15, 0.2) is 5.96 Å². The van der Waals surface area contributed by atoms with E-state index in [9.17, 15) is 4.79 Å². The van der Waals surface area contributed by atoms with E-state index in [1.165, 1.54) is 11.1 Å². The summed E-state index contributed by atoms with van der Waals surface area (Å²) < 4.78 is 5.25. The number of guanidine groups is 1. The van der Waals surface area contributed by atoms with Crippen LogP contribution >= 0.6 is 0 Å². The summed E-state index contributed by atoms with van der Waals surface area (Å²) in [6.07, 6.45) is 1.89. The first-order valence-corrected chi connectivity index (χ1v) is 10.7. The number of carbonyl (C=O) groups excluding carboxylic acids is 1. The van der Waals surface area contributed by atoms with E-state index in [-0.39, 0.29) is 12.5 Å². The maximum Gasteiger partial charge on any atom is 0.241 e. The first-order chi connectivity index (χ1) is 14.7. The first-order valence-electron chi connectivity index (χ1n) is 10.7. The van der Waals surface area contributed by atoms with E-state index in [2.05, 4.69) is 44.8 Å². The smallest absolute Gasteiger partial charge is 0.241 e. The van der Waals surface area contributed by atoms with Crippen molar-refractivity contribution in [2.24, 2.45) is 4.99 Å². The molecular formula is C24H32N4O2. The second-order valence-corrected chi connectivity index (χ2v) is 7.46. The molecule has 3 rings (SSSR count). The lowest BCUT2D eigenvalue weighted by molar-refractivity contribution is -0.119. The van der Waals surface area contributed by atoms with Gasteiger partial charge in [0.25, 0.3) is 0 Å². The Bertz CT molecular complexity index is 821. The van der Waals surface area contributed by atoms with Gasteiger partial charge in [-0.05, 0) is 43.0 Å². The van der Waals surface area contributed by atoms with Gasteiger partial charge >= 0.3 is 0 Å². The van der Waals surface area contributed by atoms with Crippen LogP contribution in [0.3, 0.4) is 0 Å². The van der Waals surface area contributed by atoms with Crippen LogP contribution in [0.5, 0.6) is 5.75 Å². The van der Waals surface area contributed by atoms with Gasteiger partial charge in [-0.1, -0.05) is 42.5 Å². The molecular weight excluding hydrogens is 376 g/mol. The fourth-order valence-corrected chi connectivity index (χ4v) is 3.72. The molecule has 2 N–H and O–H groups in total. The molecule has 6 nitrogen and oxygen atoms in total. The summed E-state index contributed by atoms with van der Waals surface area (Å²) in [5.41, 5.74) is 2.53. The number of carbonyl (C=O) groups is 1. The van der Waals surface area contributed by atoms with Crippen molar-refractivity contribution in [1.82, 2.24) is 15.5 Å². The van der Waals surface area contributed by atoms with Crippen molar-refractivity contribution in [3.05, 3.63) is 65.7 Å². The molecule has 1 amide bonds. The van der Waals surface area contributed by atoms with Crippen molar-refractivity contribution in [3.8, 4) is 5.75 Å². The lowest BCUT2D eigenvalue weighted by atomic mass is 9.98. The van der Waals surface area contributed by atoms with Gasteiger partial charge in [-0.3, -0.25) is 4.79 Å². The minimum atomic E-state index is -0.0489. The summed E-state index contributed by atoms with van der Waals surface area (Å²) in [5, 5.41) is 6.29. The van der Waals surface area contributed by atoms with Crippen LogP contribution in [-0.2, 0) is 11.2 Å². The maximum atomic E-state index is 12.2. The number of hydrogen-bond acceptors (Lipinski definition) is 3. The Hall–Kier alpha value is -3.02. The minimum absolute atomic E-state index is 0.0489. The predicted molar refractivity (Wildman–Crippen MR) is 121 cm³/mol. The summed E-state index contributed by atoms with van der Waals surface area (Å²) in [6, 6.07) is 18.5. The summed E-state index contributed by atoms with van der Waals surface area (Å²) in [7, 11) is 1.68. The molecule has 2 aromatic rings. The molecule has 6 heteroatoms. The molecule has 1 aliphatic heterocycles. The number of nitrogens with one attached hydrogen (secondary N) is 2. The van der Waals surface area contributed by atoms with E-state index in [4.69, 9.17) is 4.74 Å². The van der Waals surface area contributed by atoms with E-state index in [0.29, 0.717) is 12.5 Å². The van der Waals surface area contributed by atoms with Gasteiger partial charge in [0.2, 0.25) is 5.91 Å². The summed E-state index contributed by atoms with van der Waals surface area (Å²) in [6.45, 7) is 5.41. The van der Waals surface area contributed by atoms with Crippen molar-refractivity contribution < 1.29 is 9.53 Å². The number of ether oxygens (including phenoxy) is 1. The number of methoxy groups -OCH3 is 1. The summed E-state index contributed by atoms with van der Waals surface area (Å²) in [5.74, 6) is 2.10. The third kappa shape index (κ3) is 6.24. The van der Waals surface area contributed by atoms with Gasteiger partial charge in [0.1, 0.15) is 12.3 Å². The van der Waals surface area contributed by atoms with Crippen LogP contribution in [-0.4, -0.2) is 56.6 Å². The van der Waals surface area contributed by atoms with Crippen molar-refractivity contribution >= 4 is 11.9 Å². The van der Waals surface area contributed by atoms with Crippen molar-refractivity contribution in [2.75, 3.05) is 39.8 Å². The van der Waals surface area contributed by atoms with Gasteiger partial charge in [0, 0.05) is 32.1 Å². The van der Waals surface area contributed by atoms with E-state index < -0.39 is 0 Å². The van der Waals surface area contributed by atoms with E-state index in [1.54, 1.807) is 7.11 Å². The zero-order chi connectivity index (χ0) is 21.2. The first kappa shape index (κ1) is 21.7. The molecule has 0 radical (unpaired) electrons. The molecule has 1 aliphatic rings. The lowest BCUT2D eigenvalue weighted by Gasteiger charge is -2.21. The van der Waals surface area contributed by atoms with Crippen LogP contribution in [0.15, 0.2) is 59.6 Å². The number of likely N-dealkylation sites (tertiary alicyclic amines) is 1. The number of nitrogens with zero attached hydrogens (tertiary/aromatic N) is 2. The number of rotatable bonds is 8. The largest absolute Gasteiger partial charge is 0.497 e. The maximum absolute atomic E-state index is 12.2. The SMILES string of the molecule is CCNC(=NCC(=O)NCCc1ccccc1)N1CCC(c2ccc(OC)cc2)C1. The molecule has 0 aliphatic carbocycles. The fraction of sp³-hybridized carbons (Fsp3) is 0.417. The topological polar surface area (TPSA) is 66.0 Å². The van der Waals surface area contributed by atoms with Crippen LogP contribution in [0.4, 0.5) is 0 Å². The third-order valence-electron chi connectivity index (χ3n) is 5.36. The number of aliphatic imine (C=N–C) groups is 1. The molecule has 1 heterocycles. The van der Waals surface area contributed by atoms with Gasteiger partial charge in [0.05, 0.1) is 7.11 Å². The van der Waals surface area contributed by atoms with Crippen molar-refractivity contribution in [2.45, 2.75) is 25.7 Å². The third-order valence-corrected chi connectivity index (χ3v) is 5.36. The second-order valence-electron chi connectivity index (χ2n) is 7.46.